The molecule has 3 N–H and O–H groups in total. The highest BCUT2D eigenvalue weighted by Crippen LogP contribution is 2.22. The normalized spacial score (nSPS) is 15.6. The van der Waals surface area contributed by atoms with Crippen LogP contribution in [0, 0.1) is 12.8 Å². The number of urea groups is 1. The molecule has 1 unspecified atom stereocenters. The Morgan fingerprint density at radius 1 is 1.07 bits per heavy atom. The Hall–Kier alpha value is -3.61. The van der Waals surface area contributed by atoms with Gasteiger partial charge in [0, 0.05) is 37.4 Å². The number of likely N-dealkylation sites (tertiary alicyclic amines) is 1. The molecule has 0 saturated carbocycles. The quantitative estimate of drug-likeness (QED) is 0.616. The van der Waals surface area contributed by atoms with E-state index in [1.54, 1.807) is 35.2 Å². The van der Waals surface area contributed by atoms with E-state index in [2.05, 4.69) is 22.5 Å². The third-order valence-electron chi connectivity index (χ3n) is 4.90. The zero-order chi connectivity index (χ0) is 21.5. The van der Waals surface area contributed by atoms with Crippen molar-refractivity contribution in [3.05, 3.63) is 72.3 Å². The number of benzene rings is 2. The number of carbonyl (C=O) groups is 3. The number of hydrogen-bond acceptors (Lipinski definition) is 3. The Bertz CT molecular complexity index is 922. The van der Waals surface area contributed by atoms with Gasteiger partial charge in [-0.2, -0.15) is 0 Å². The second-order valence-electron chi connectivity index (χ2n) is 7.35. The molecule has 156 valence electrons. The van der Waals surface area contributed by atoms with E-state index in [1.807, 2.05) is 31.2 Å². The summed E-state index contributed by atoms with van der Waals surface area (Å²) in [5.41, 5.74) is 3.44. The van der Waals surface area contributed by atoms with Gasteiger partial charge in [-0.15, -0.1) is 6.58 Å². The first-order valence-electron chi connectivity index (χ1n) is 9.84. The van der Waals surface area contributed by atoms with Crippen LogP contribution in [0.1, 0.15) is 17.5 Å². The van der Waals surface area contributed by atoms with Crippen LogP contribution in [0.25, 0.3) is 0 Å². The molecular weight excluding hydrogens is 380 g/mol. The highest BCUT2D eigenvalue weighted by Gasteiger charge is 2.34. The van der Waals surface area contributed by atoms with Crippen molar-refractivity contribution >= 4 is 29.2 Å². The lowest BCUT2D eigenvalue weighted by atomic mass is 10.1. The Balaban J connectivity index is 1.52. The number of nitrogens with one attached hydrogen (secondary N) is 3. The van der Waals surface area contributed by atoms with E-state index in [1.165, 1.54) is 5.56 Å². The van der Waals surface area contributed by atoms with Crippen molar-refractivity contribution in [2.24, 2.45) is 5.92 Å². The molecule has 0 aliphatic carbocycles. The van der Waals surface area contributed by atoms with Gasteiger partial charge in [0.2, 0.25) is 11.8 Å². The van der Waals surface area contributed by atoms with Crippen molar-refractivity contribution < 1.29 is 14.4 Å². The van der Waals surface area contributed by atoms with E-state index in [0.29, 0.717) is 31.0 Å². The maximum Gasteiger partial charge on any atom is 0.319 e. The summed E-state index contributed by atoms with van der Waals surface area (Å²) in [7, 11) is 0. The zero-order valence-electron chi connectivity index (χ0n) is 17.0. The summed E-state index contributed by atoms with van der Waals surface area (Å²) in [5.74, 6) is -0.578. The number of aryl methyl sites for hydroxylation is 1. The molecule has 3 rings (SSSR count). The molecule has 4 amide bonds. The molecule has 0 bridgehead atoms. The number of carbonyl (C=O) groups excluding carboxylic acids is 3. The van der Waals surface area contributed by atoms with E-state index >= 15 is 0 Å². The summed E-state index contributed by atoms with van der Waals surface area (Å²) in [5, 5.41) is 8.16. The average molecular weight is 406 g/mol. The summed E-state index contributed by atoms with van der Waals surface area (Å²) >= 11 is 0. The molecule has 1 fully saturated rings. The van der Waals surface area contributed by atoms with E-state index in [9.17, 15) is 14.4 Å². The van der Waals surface area contributed by atoms with Gasteiger partial charge < -0.3 is 20.9 Å². The summed E-state index contributed by atoms with van der Waals surface area (Å²) in [6.07, 6.45) is 1.80. The van der Waals surface area contributed by atoms with Gasteiger partial charge in [-0.05, 0) is 36.8 Å². The van der Waals surface area contributed by atoms with Gasteiger partial charge in [0.1, 0.15) is 0 Å². The highest BCUT2D eigenvalue weighted by atomic mass is 16.2. The molecular formula is C23H26N4O3. The molecule has 2 aromatic rings. The van der Waals surface area contributed by atoms with Crippen LogP contribution < -0.4 is 16.0 Å². The lowest BCUT2D eigenvalue weighted by molar-refractivity contribution is -0.128. The first-order chi connectivity index (χ1) is 14.4. The Labute approximate surface area is 176 Å². The molecule has 30 heavy (non-hydrogen) atoms. The standard InChI is InChI=1S/C23H26N4O3/c1-3-12-24-23(30)26-20-10-8-19(9-11-20)25-22(29)18-13-21(28)27(15-18)14-17-6-4-16(2)5-7-17/h3-11,18H,1,12-15H2,2H3,(H,25,29)(H2,24,26,30). The molecule has 2 aromatic carbocycles. The average Bonchev–Trinajstić information content (AvgIpc) is 3.10. The SMILES string of the molecule is C=CCNC(=O)Nc1ccc(NC(=O)C2CC(=O)N(Cc3ccc(C)cc3)C2)cc1. The van der Waals surface area contributed by atoms with E-state index < -0.39 is 0 Å². The number of rotatable bonds is 7. The van der Waals surface area contributed by atoms with Crippen LogP contribution in [0.15, 0.2) is 61.2 Å². The minimum Gasteiger partial charge on any atom is -0.338 e. The van der Waals surface area contributed by atoms with E-state index in [0.717, 1.165) is 5.56 Å². The number of amides is 4. The molecule has 1 heterocycles. The van der Waals surface area contributed by atoms with Crippen LogP contribution in [0.2, 0.25) is 0 Å². The second kappa shape index (κ2) is 9.73. The van der Waals surface area contributed by atoms with Crippen LogP contribution in [0.3, 0.4) is 0 Å². The van der Waals surface area contributed by atoms with Crippen LogP contribution in [0.4, 0.5) is 16.2 Å². The zero-order valence-corrected chi connectivity index (χ0v) is 17.0. The minimum absolute atomic E-state index is 0.0131. The molecule has 1 aliphatic heterocycles. The maximum atomic E-state index is 12.6. The topological polar surface area (TPSA) is 90.5 Å². The van der Waals surface area contributed by atoms with Gasteiger partial charge in [-0.1, -0.05) is 35.9 Å². The summed E-state index contributed by atoms with van der Waals surface area (Å²) in [6.45, 7) is 6.85. The van der Waals surface area contributed by atoms with Gasteiger partial charge in [0.15, 0.2) is 0 Å². The minimum atomic E-state index is -0.384. The predicted molar refractivity (Wildman–Crippen MR) is 117 cm³/mol. The van der Waals surface area contributed by atoms with Gasteiger partial charge >= 0.3 is 6.03 Å². The van der Waals surface area contributed by atoms with E-state index in [-0.39, 0.29) is 30.2 Å². The Morgan fingerprint density at radius 3 is 2.33 bits per heavy atom. The molecule has 0 radical (unpaired) electrons. The molecule has 0 aromatic heterocycles. The monoisotopic (exact) mass is 406 g/mol. The van der Waals surface area contributed by atoms with Crippen LogP contribution >= 0.6 is 0 Å². The fraction of sp³-hybridized carbons (Fsp3) is 0.261. The van der Waals surface area contributed by atoms with Crippen LogP contribution in [-0.2, 0) is 16.1 Å². The molecule has 1 atom stereocenters. The first-order valence-corrected chi connectivity index (χ1v) is 9.84. The van der Waals surface area contributed by atoms with Crippen molar-refractivity contribution in [1.29, 1.82) is 0 Å². The molecule has 0 spiro atoms. The Morgan fingerprint density at radius 2 is 1.70 bits per heavy atom. The lowest BCUT2D eigenvalue weighted by Gasteiger charge is -2.17. The van der Waals surface area contributed by atoms with Crippen LogP contribution in [0.5, 0.6) is 0 Å². The smallest absolute Gasteiger partial charge is 0.319 e. The van der Waals surface area contributed by atoms with Crippen molar-refractivity contribution in [1.82, 2.24) is 10.2 Å². The van der Waals surface area contributed by atoms with Gasteiger partial charge in [-0.3, -0.25) is 9.59 Å². The molecule has 7 heteroatoms. The van der Waals surface area contributed by atoms with Crippen molar-refractivity contribution in [3.8, 4) is 0 Å². The fourth-order valence-electron chi connectivity index (χ4n) is 3.24. The lowest BCUT2D eigenvalue weighted by Crippen LogP contribution is -2.28. The number of anilines is 2. The largest absolute Gasteiger partial charge is 0.338 e. The maximum absolute atomic E-state index is 12.6. The fourth-order valence-corrected chi connectivity index (χ4v) is 3.24. The Kier molecular flexibility index (Phi) is 6.85. The van der Waals surface area contributed by atoms with Crippen LogP contribution in [-0.4, -0.2) is 35.8 Å². The molecule has 7 nitrogen and oxygen atoms in total. The highest BCUT2D eigenvalue weighted by molar-refractivity contribution is 5.97. The van der Waals surface area contributed by atoms with Crippen molar-refractivity contribution in [2.45, 2.75) is 19.9 Å². The van der Waals surface area contributed by atoms with Crippen molar-refractivity contribution in [3.63, 3.8) is 0 Å². The summed E-state index contributed by atoms with van der Waals surface area (Å²) in [6, 6.07) is 14.5. The van der Waals surface area contributed by atoms with Gasteiger partial charge in [0.05, 0.1) is 5.92 Å². The number of nitrogens with zero attached hydrogens (tertiary/aromatic N) is 1. The molecule has 1 aliphatic rings. The summed E-state index contributed by atoms with van der Waals surface area (Å²) in [4.78, 5) is 38.3. The third kappa shape index (κ3) is 5.70. The second-order valence-corrected chi connectivity index (χ2v) is 7.35. The number of hydrogen-bond donors (Lipinski definition) is 3. The van der Waals surface area contributed by atoms with Crippen molar-refractivity contribution in [2.75, 3.05) is 23.7 Å². The molecule has 1 saturated heterocycles. The first kappa shape index (κ1) is 21.1. The summed E-state index contributed by atoms with van der Waals surface area (Å²) < 4.78 is 0. The van der Waals surface area contributed by atoms with E-state index in [4.69, 9.17) is 0 Å². The third-order valence-corrected chi connectivity index (χ3v) is 4.90. The predicted octanol–water partition coefficient (Wildman–Crippen LogP) is 3.29. The van der Waals surface area contributed by atoms with Gasteiger partial charge in [-0.25, -0.2) is 4.79 Å². The van der Waals surface area contributed by atoms with Gasteiger partial charge in [0.25, 0.3) is 0 Å².